The van der Waals surface area contributed by atoms with Crippen LogP contribution in [0.2, 0.25) is 0 Å². The second-order valence-electron chi connectivity index (χ2n) is 21.0. The molecule has 10 heteroatoms. The lowest BCUT2D eigenvalue weighted by Gasteiger charge is -2.13. The Morgan fingerprint density at radius 1 is 0.481 bits per heavy atom. The number of pyridine rings is 1. The van der Waals surface area contributed by atoms with E-state index in [-0.39, 0.29) is 11.8 Å². The minimum atomic E-state index is -0.0729. The smallest absolute Gasteiger partial charge is 0.251 e. The van der Waals surface area contributed by atoms with Crippen LogP contribution in [-0.4, -0.2) is 38.0 Å². The van der Waals surface area contributed by atoms with E-state index < -0.39 is 0 Å². The van der Waals surface area contributed by atoms with E-state index in [1.807, 2.05) is 97.9 Å². The van der Waals surface area contributed by atoms with E-state index in [0.29, 0.717) is 24.2 Å². The van der Waals surface area contributed by atoms with Crippen molar-refractivity contribution in [3.8, 4) is 16.8 Å². The summed E-state index contributed by atoms with van der Waals surface area (Å²) in [5.74, 6) is -0.143. The molecule has 1 heterocycles. The Hall–Kier alpha value is -8.89. The first-order valence-electron chi connectivity index (χ1n) is 27.9. The summed E-state index contributed by atoms with van der Waals surface area (Å²) >= 11 is 0. The Kier molecular flexibility index (Phi) is 18.0. The van der Waals surface area contributed by atoms with E-state index in [1.54, 1.807) is 0 Å². The van der Waals surface area contributed by atoms with Gasteiger partial charge in [0.05, 0.1) is 0 Å². The maximum absolute atomic E-state index is 13.0. The number of nitrogens with two attached hydrogens (primary N) is 2. The molecule has 0 unspecified atom stereocenters. The molecule has 0 aliphatic rings. The number of amides is 2. The number of rotatable bonds is 23. The highest BCUT2D eigenvalue weighted by molar-refractivity contribution is 5.96. The van der Waals surface area contributed by atoms with Crippen LogP contribution < -0.4 is 53.1 Å². The number of carbonyl (C=O) groups is 2. The van der Waals surface area contributed by atoms with Gasteiger partial charge in [-0.05, 0) is 188 Å². The number of aromatic nitrogens is 1. The first kappa shape index (κ1) is 54.9. The third-order valence-electron chi connectivity index (χ3n) is 14.9. The van der Waals surface area contributed by atoms with Crippen molar-refractivity contribution in [1.82, 2.24) is 10.6 Å². The Balaban J connectivity index is 0.652. The van der Waals surface area contributed by atoms with Crippen LogP contribution in [0.1, 0.15) is 99.9 Å². The molecule has 0 saturated heterocycles. The van der Waals surface area contributed by atoms with Gasteiger partial charge < -0.3 is 38.1 Å². The molecular formula is C69H75N8O2+. The molecule has 0 saturated carbocycles. The van der Waals surface area contributed by atoms with Crippen molar-refractivity contribution in [3.63, 3.8) is 0 Å². The quantitative estimate of drug-likeness (QED) is 0.0146. The van der Waals surface area contributed by atoms with Crippen molar-refractivity contribution >= 4 is 80.4 Å². The van der Waals surface area contributed by atoms with E-state index in [9.17, 15) is 9.59 Å². The number of para-hydroxylation sites is 2. The highest BCUT2D eigenvalue weighted by atomic mass is 16.2. The summed E-state index contributed by atoms with van der Waals surface area (Å²) in [5, 5.41) is 21.4. The maximum atomic E-state index is 13.0. The molecule has 9 N–H and O–H groups in total. The van der Waals surface area contributed by atoms with Gasteiger partial charge in [-0.25, -0.2) is 0 Å². The molecule has 2 amide bonds. The van der Waals surface area contributed by atoms with Gasteiger partial charge in [-0.15, -0.1) is 0 Å². The van der Waals surface area contributed by atoms with Crippen LogP contribution in [0, 0.1) is 27.7 Å². The molecule has 0 spiro atoms. The number of hydrogen-bond acceptors (Lipinski definition) is 7. The molecule has 79 heavy (non-hydrogen) atoms. The Labute approximate surface area is 465 Å². The zero-order valence-electron chi connectivity index (χ0n) is 46.3. The molecule has 0 fully saturated rings. The van der Waals surface area contributed by atoms with Crippen molar-refractivity contribution in [2.75, 3.05) is 53.6 Å². The number of fused-ring (bicyclic) bond motifs is 2. The first-order chi connectivity index (χ1) is 38.4. The van der Waals surface area contributed by atoms with Gasteiger partial charge in [-0.3, -0.25) is 9.59 Å². The van der Waals surface area contributed by atoms with E-state index >= 15 is 0 Å². The van der Waals surface area contributed by atoms with Crippen LogP contribution in [0.15, 0.2) is 164 Å². The lowest BCUT2D eigenvalue weighted by Crippen LogP contribution is -2.33. The lowest BCUT2D eigenvalue weighted by atomic mass is 10.0. The van der Waals surface area contributed by atoms with Gasteiger partial charge >= 0.3 is 0 Å². The van der Waals surface area contributed by atoms with Crippen LogP contribution >= 0.6 is 0 Å². The fourth-order valence-corrected chi connectivity index (χ4v) is 10.2. The second kappa shape index (κ2) is 26.0. The van der Waals surface area contributed by atoms with Gasteiger partial charge in [0.15, 0.2) is 0 Å². The zero-order chi connectivity index (χ0) is 55.3. The van der Waals surface area contributed by atoms with Gasteiger partial charge in [0, 0.05) is 106 Å². The highest BCUT2D eigenvalue weighted by Crippen LogP contribution is 2.30. The number of nitrogens with one attached hydrogen (secondary N) is 5. The fourth-order valence-electron chi connectivity index (χ4n) is 10.2. The Morgan fingerprint density at radius 3 is 1.54 bits per heavy atom. The van der Waals surface area contributed by atoms with Crippen molar-refractivity contribution in [1.29, 1.82) is 0 Å². The van der Waals surface area contributed by atoms with E-state index in [2.05, 4.69) is 137 Å². The average molecular weight is 1050 g/mol. The van der Waals surface area contributed by atoms with Crippen LogP contribution in [0.4, 0.5) is 34.1 Å². The largest absolute Gasteiger partial charge is 0.398 e. The van der Waals surface area contributed by atoms with Gasteiger partial charge in [0.25, 0.3) is 11.8 Å². The molecule has 8 aromatic carbocycles. The van der Waals surface area contributed by atoms with Gasteiger partial charge in [0.2, 0.25) is 16.7 Å². The van der Waals surface area contributed by atoms with Crippen LogP contribution in [0.25, 0.3) is 51.3 Å². The molecule has 0 radical (unpaired) electrons. The molecule has 10 nitrogen and oxygen atoms in total. The highest BCUT2D eigenvalue weighted by Gasteiger charge is 2.21. The van der Waals surface area contributed by atoms with Gasteiger partial charge in [-0.1, -0.05) is 92.9 Å². The molecule has 0 atom stereocenters. The monoisotopic (exact) mass is 1050 g/mol. The lowest BCUT2D eigenvalue weighted by molar-refractivity contribution is -0.537. The number of hydrogen-bond donors (Lipinski definition) is 7. The minimum Gasteiger partial charge on any atom is -0.398 e. The third-order valence-corrected chi connectivity index (χ3v) is 14.9. The van der Waals surface area contributed by atoms with Gasteiger partial charge in [-0.2, -0.15) is 4.57 Å². The maximum Gasteiger partial charge on any atom is 0.251 e. The molecule has 0 bridgehead atoms. The summed E-state index contributed by atoms with van der Waals surface area (Å²) in [6, 6.07) is 55.4. The minimum absolute atomic E-state index is 0.0705. The number of nitrogen functional groups attached to an aromatic ring is 2. The summed E-state index contributed by atoms with van der Waals surface area (Å²) in [6.07, 6.45) is 10.3. The molecule has 9 rings (SSSR count). The standard InChI is InChI=1S/C69H74N8O2/c1-46-40-63(49(4)38-55(46)41-56-36-47(2)61(70)43-65(56)76-59-20-12-10-13-21-59)72-32-16-6-8-18-34-74-68(78)53-28-24-51(25-29-53)52-26-30-54(31-27-52)69(79)75-35-19-9-7-17-33-73-64-45-67-58(39-50(64)5)42-57-37-48(3)62(71)44-66(57)77(67)60-22-14-11-15-23-60/h10-15,20-31,36-45,72,76H,1,6-9,16-19,32-35,70H2,2-5H3,(H4,71,73,74,75,78,79)/p+1/b55-41-. The Morgan fingerprint density at radius 2 is 0.962 bits per heavy atom. The molecular weight excluding hydrogens is 973 g/mol. The van der Waals surface area contributed by atoms with Crippen molar-refractivity contribution in [2.24, 2.45) is 0 Å². The van der Waals surface area contributed by atoms with Crippen LogP contribution in [-0.2, 0) is 0 Å². The van der Waals surface area contributed by atoms with Crippen LogP contribution in [0.3, 0.4) is 0 Å². The van der Waals surface area contributed by atoms with E-state index in [0.717, 1.165) is 159 Å². The zero-order valence-corrected chi connectivity index (χ0v) is 46.3. The predicted molar refractivity (Wildman–Crippen MR) is 332 cm³/mol. The SMILES string of the molecule is C=c1cc(NCCCCCCNC(=O)c2ccc(-c3ccc(C(=O)NCCCCCCNc4cc5c(cc4C)cc4cc(C)c(N)cc4[n+]5-c4ccccc4)cc3)cc2)c(C)c/c1=C/c1cc(C)c(N)cc1Nc1ccccc1. The summed E-state index contributed by atoms with van der Waals surface area (Å²) < 4.78 is 2.31. The second-order valence-corrected chi connectivity index (χ2v) is 21.0. The molecule has 9 aromatic rings. The number of unbranched alkanes of at least 4 members (excludes halogenated alkanes) is 6. The topological polar surface area (TPSA) is 150 Å². The molecule has 0 aliphatic carbocycles. The number of aryl methyl sites for hydroxylation is 4. The summed E-state index contributed by atoms with van der Waals surface area (Å²) in [7, 11) is 0. The number of anilines is 6. The van der Waals surface area contributed by atoms with E-state index in [1.165, 1.54) is 16.5 Å². The summed E-state index contributed by atoms with van der Waals surface area (Å²) in [6.45, 7) is 15.8. The summed E-state index contributed by atoms with van der Waals surface area (Å²) in [5.41, 5.74) is 30.5. The number of nitrogens with zero attached hydrogens (tertiary/aromatic N) is 1. The molecule has 0 aliphatic heterocycles. The van der Waals surface area contributed by atoms with Gasteiger partial charge in [0.1, 0.15) is 0 Å². The summed E-state index contributed by atoms with van der Waals surface area (Å²) in [4.78, 5) is 26.0. The number of carbonyl (C=O) groups excluding carboxylic acids is 2. The third kappa shape index (κ3) is 14.0. The fraction of sp³-hybridized carbons (Fsp3) is 0.232. The molecule has 1 aromatic heterocycles. The van der Waals surface area contributed by atoms with E-state index in [4.69, 9.17) is 11.5 Å². The van der Waals surface area contributed by atoms with Crippen LogP contribution in [0.5, 0.6) is 0 Å². The molecule has 402 valence electrons. The predicted octanol–water partition coefficient (Wildman–Crippen LogP) is 13.1. The van der Waals surface area contributed by atoms with Crippen molar-refractivity contribution in [3.05, 3.63) is 213 Å². The number of benzene rings is 8. The normalized spacial score (nSPS) is 11.5. The van der Waals surface area contributed by atoms with Crippen molar-refractivity contribution in [2.45, 2.75) is 79.1 Å². The Bertz CT molecular complexity index is 3710. The first-order valence-corrected chi connectivity index (χ1v) is 27.9. The van der Waals surface area contributed by atoms with Crippen molar-refractivity contribution < 1.29 is 14.2 Å². The average Bonchev–Trinajstić information content (AvgIpc) is 3.46.